The van der Waals surface area contributed by atoms with Gasteiger partial charge in [0.1, 0.15) is 0 Å². The Hall–Kier alpha value is -0.770. The summed E-state index contributed by atoms with van der Waals surface area (Å²) in [5.41, 5.74) is 5.07. The molecule has 0 fully saturated rings. The molecule has 0 aliphatic carbocycles. The van der Waals surface area contributed by atoms with Gasteiger partial charge < -0.3 is 15.0 Å². The second kappa shape index (κ2) is 14.8. The van der Waals surface area contributed by atoms with Crippen LogP contribution in [0.2, 0.25) is 0 Å². The van der Waals surface area contributed by atoms with Gasteiger partial charge in [0.05, 0.1) is 32.8 Å². The van der Waals surface area contributed by atoms with Gasteiger partial charge in [-0.05, 0) is 38.5 Å². The van der Waals surface area contributed by atoms with Crippen LogP contribution in [0.25, 0.3) is 0 Å². The quantitative estimate of drug-likeness (QED) is 0.325. The highest BCUT2D eigenvalue weighted by atomic mass is 16.5. The van der Waals surface area contributed by atoms with Gasteiger partial charge in [0.2, 0.25) is 0 Å². The van der Waals surface area contributed by atoms with Crippen LogP contribution in [-0.2, 0) is 4.74 Å². The fourth-order valence-corrected chi connectivity index (χ4v) is 3.34. The number of nitrogens with zero attached hydrogens (tertiary/aromatic N) is 1. The summed E-state index contributed by atoms with van der Waals surface area (Å²) in [5.74, 6) is 0. The number of nitrogens with two attached hydrogens (primary N) is 1. The van der Waals surface area contributed by atoms with Gasteiger partial charge in [-0.25, -0.2) is 4.79 Å². The Morgan fingerprint density at radius 2 is 1.13 bits per heavy atom. The van der Waals surface area contributed by atoms with Gasteiger partial charge >= 0.3 is 6.09 Å². The molecule has 1 amide bonds. The molecule has 4 heteroatoms. The third-order valence-corrected chi connectivity index (χ3v) is 4.73. The van der Waals surface area contributed by atoms with E-state index in [1.165, 1.54) is 81.9 Å². The Balaban J connectivity index is 4.61. The molecule has 0 radical (unpaired) electrons. The lowest BCUT2D eigenvalue weighted by molar-refractivity contribution is -0.929. The first kappa shape index (κ1) is 22.2. The van der Waals surface area contributed by atoms with E-state index in [1.54, 1.807) is 0 Å². The normalized spacial score (nSPS) is 11.6. The molecule has 0 aromatic carbocycles. The highest BCUT2D eigenvalue weighted by Gasteiger charge is 2.25. The standard InChI is InChI=1S/C19H40N2O2/c1-4-7-10-14-21(15-11-8-5-2,16-12-9-6-3)17-13-18-23-19(20)22/h4-18H2,1-3H3,(H-,20,22)/p+1. The van der Waals surface area contributed by atoms with E-state index in [-0.39, 0.29) is 0 Å². The molecule has 0 aliphatic rings. The topological polar surface area (TPSA) is 52.3 Å². The molecule has 0 aliphatic heterocycles. The van der Waals surface area contributed by atoms with Crippen LogP contribution in [-0.4, -0.2) is 43.4 Å². The van der Waals surface area contributed by atoms with E-state index in [4.69, 9.17) is 10.5 Å². The third kappa shape index (κ3) is 12.3. The molecule has 0 heterocycles. The highest BCUT2D eigenvalue weighted by molar-refractivity contribution is 5.64. The minimum Gasteiger partial charge on any atom is -0.449 e. The maximum absolute atomic E-state index is 10.8. The molecule has 0 unspecified atom stereocenters. The van der Waals surface area contributed by atoms with Gasteiger partial charge in [-0.1, -0.05) is 40.0 Å². The van der Waals surface area contributed by atoms with E-state index in [2.05, 4.69) is 20.8 Å². The van der Waals surface area contributed by atoms with E-state index in [0.717, 1.165) is 13.0 Å². The van der Waals surface area contributed by atoms with Gasteiger partial charge in [0.25, 0.3) is 0 Å². The summed E-state index contributed by atoms with van der Waals surface area (Å²) < 4.78 is 6.15. The first-order chi connectivity index (χ1) is 11.1. The van der Waals surface area contributed by atoms with Crippen molar-refractivity contribution in [3.8, 4) is 0 Å². The van der Waals surface area contributed by atoms with Crippen molar-refractivity contribution in [2.45, 2.75) is 85.0 Å². The van der Waals surface area contributed by atoms with Crippen LogP contribution in [0.4, 0.5) is 4.79 Å². The van der Waals surface area contributed by atoms with Gasteiger partial charge in [-0.3, -0.25) is 0 Å². The number of hydrogen-bond acceptors (Lipinski definition) is 2. The monoisotopic (exact) mass is 329 g/mol. The zero-order chi connectivity index (χ0) is 17.4. The molecule has 0 bridgehead atoms. The number of hydrogen-bond donors (Lipinski definition) is 1. The number of carbonyl (C=O) groups is 1. The molecule has 2 N–H and O–H groups in total. The smallest absolute Gasteiger partial charge is 0.404 e. The Kier molecular flexibility index (Phi) is 14.3. The van der Waals surface area contributed by atoms with Gasteiger partial charge in [-0.2, -0.15) is 0 Å². The number of carbonyl (C=O) groups excluding carboxylic acids is 1. The number of amides is 1. The van der Waals surface area contributed by atoms with Crippen molar-refractivity contribution in [3.05, 3.63) is 0 Å². The van der Waals surface area contributed by atoms with Crippen molar-refractivity contribution in [3.63, 3.8) is 0 Å². The maximum Gasteiger partial charge on any atom is 0.404 e. The maximum atomic E-state index is 10.8. The van der Waals surface area contributed by atoms with Crippen molar-refractivity contribution in [2.75, 3.05) is 32.8 Å². The Bertz CT molecular complexity index is 256. The number of primary amides is 1. The average Bonchev–Trinajstić information content (AvgIpc) is 2.52. The van der Waals surface area contributed by atoms with Crippen LogP contribution in [0.3, 0.4) is 0 Å². The van der Waals surface area contributed by atoms with Crippen LogP contribution >= 0.6 is 0 Å². The Morgan fingerprint density at radius 3 is 1.48 bits per heavy atom. The van der Waals surface area contributed by atoms with E-state index in [9.17, 15) is 4.79 Å². The molecule has 138 valence electrons. The molecule has 0 spiro atoms. The number of ether oxygens (including phenoxy) is 1. The predicted molar refractivity (Wildman–Crippen MR) is 98.5 cm³/mol. The molecule has 0 saturated carbocycles. The zero-order valence-corrected chi connectivity index (χ0v) is 15.9. The van der Waals surface area contributed by atoms with Crippen molar-refractivity contribution in [2.24, 2.45) is 5.73 Å². The summed E-state index contributed by atoms with van der Waals surface area (Å²) in [4.78, 5) is 10.8. The molecule has 4 nitrogen and oxygen atoms in total. The number of rotatable bonds is 16. The van der Waals surface area contributed by atoms with Gasteiger partial charge in [-0.15, -0.1) is 0 Å². The van der Waals surface area contributed by atoms with Crippen LogP contribution in [0.1, 0.15) is 85.0 Å². The van der Waals surface area contributed by atoms with E-state index >= 15 is 0 Å². The van der Waals surface area contributed by atoms with Crippen LogP contribution < -0.4 is 5.73 Å². The summed E-state index contributed by atoms with van der Waals surface area (Å²) in [6.45, 7) is 12.2. The molecule has 0 aromatic heterocycles. The molecule has 0 saturated heterocycles. The lowest BCUT2D eigenvalue weighted by atomic mass is 10.1. The van der Waals surface area contributed by atoms with Crippen molar-refractivity contribution in [1.29, 1.82) is 0 Å². The van der Waals surface area contributed by atoms with Crippen LogP contribution in [0, 0.1) is 0 Å². The van der Waals surface area contributed by atoms with Crippen molar-refractivity contribution < 1.29 is 14.0 Å². The van der Waals surface area contributed by atoms with Crippen LogP contribution in [0.15, 0.2) is 0 Å². The number of unbranched alkanes of at least 4 members (excludes halogenated alkanes) is 6. The second-order valence-electron chi connectivity index (χ2n) is 6.88. The summed E-state index contributed by atoms with van der Waals surface area (Å²) >= 11 is 0. The Labute approximate surface area is 144 Å². The minimum absolute atomic E-state index is 0.463. The lowest BCUT2D eigenvalue weighted by Gasteiger charge is -2.39. The molecular weight excluding hydrogens is 288 g/mol. The van der Waals surface area contributed by atoms with Crippen molar-refractivity contribution >= 4 is 6.09 Å². The fraction of sp³-hybridized carbons (Fsp3) is 0.947. The first-order valence-electron chi connectivity index (χ1n) is 9.87. The third-order valence-electron chi connectivity index (χ3n) is 4.73. The molecule has 0 atom stereocenters. The molecular formula is C19H41N2O2+. The highest BCUT2D eigenvalue weighted by Crippen LogP contribution is 2.17. The van der Waals surface area contributed by atoms with E-state index in [1.807, 2.05) is 0 Å². The summed E-state index contributed by atoms with van der Waals surface area (Å²) in [6.07, 6.45) is 12.0. The van der Waals surface area contributed by atoms with E-state index in [0.29, 0.717) is 6.61 Å². The molecule has 0 aromatic rings. The van der Waals surface area contributed by atoms with Crippen molar-refractivity contribution in [1.82, 2.24) is 0 Å². The summed E-state index contributed by atoms with van der Waals surface area (Å²) in [5, 5.41) is 0. The molecule has 23 heavy (non-hydrogen) atoms. The van der Waals surface area contributed by atoms with E-state index < -0.39 is 6.09 Å². The predicted octanol–water partition coefficient (Wildman–Crippen LogP) is 4.86. The van der Waals surface area contributed by atoms with Crippen LogP contribution in [0.5, 0.6) is 0 Å². The Morgan fingerprint density at radius 1 is 0.739 bits per heavy atom. The average molecular weight is 330 g/mol. The van der Waals surface area contributed by atoms with Gasteiger partial charge in [0, 0.05) is 6.42 Å². The SMILES string of the molecule is CCCCC[N+](CCCCC)(CCCCC)CCCOC(N)=O. The van der Waals surface area contributed by atoms with Gasteiger partial charge in [0.15, 0.2) is 0 Å². The first-order valence-corrected chi connectivity index (χ1v) is 9.87. The minimum atomic E-state index is -0.647. The fourth-order valence-electron chi connectivity index (χ4n) is 3.34. The largest absolute Gasteiger partial charge is 0.449 e. The zero-order valence-electron chi connectivity index (χ0n) is 15.9. The number of quaternary nitrogens is 1. The lowest BCUT2D eigenvalue weighted by Crippen LogP contribution is -2.51. The summed E-state index contributed by atoms with van der Waals surface area (Å²) in [7, 11) is 0. The second-order valence-corrected chi connectivity index (χ2v) is 6.88. The molecule has 0 rings (SSSR count). The summed E-state index contributed by atoms with van der Waals surface area (Å²) in [6, 6.07) is 0.